The quantitative estimate of drug-likeness (QED) is 0.199. The number of nitrogens with zero attached hydrogens (tertiary/aromatic N) is 6. The van der Waals surface area contributed by atoms with Gasteiger partial charge in [-0.15, -0.1) is 10.2 Å². The van der Waals surface area contributed by atoms with Gasteiger partial charge in [-0.05, 0) is 54.4 Å². The summed E-state index contributed by atoms with van der Waals surface area (Å²) in [7, 11) is 3.40. The van der Waals surface area contributed by atoms with E-state index < -0.39 is 0 Å². The van der Waals surface area contributed by atoms with Crippen LogP contribution in [0, 0.1) is 6.92 Å². The van der Waals surface area contributed by atoms with Gasteiger partial charge in [-0.2, -0.15) is 9.78 Å². The van der Waals surface area contributed by atoms with Crippen molar-refractivity contribution in [1.82, 2.24) is 24.2 Å². The maximum Gasteiger partial charge on any atom is 0.295 e. The van der Waals surface area contributed by atoms with Crippen LogP contribution in [0.25, 0.3) is 5.69 Å². The number of ether oxygens (including phenoxy) is 1. The molecule has 0 radical (unpaired) electrons. The zero-order chi connectivity index (χ0) is 28.8. The minimum absolute atomic E-state index is 0.0145. The van der Waals surface area contributed by atoms with Crippen molar-refractivity contribution in [2.45, 2.75) is 18.5 Å². The molecule has 0 spiro atoms. The van der Waals surface area contributed by atoms with Crippen LogP contribution in [0.4, 0.5) is 5.69 Å². The van der Waals surface area contributed by atoms with Gasteiger partial charge in [0.25, 0.3) is 5.56 Å². The minimum atomic E-state index is -0.334. The van der Waals surface area contributed by atoms with Crippen molar-refractivity contribution in [1.29, 1.82) is 0 Å². The van der Waals surface area contributed by atoms with Crippen LogP contribution in [0.3, 0.4) is 0 Å². The second-order valence-electron chi connectivity index (χ2n) is 9.16. The van der Waals surface area contributed by atoms with E-state index in [0.717, 1.165) is 16.9 Å². The van der Waals surface area contributed by atoms with Crippen molar-refractivity contribution in [3.63, 3.8) is 0 Å². The van der Waals surface area contributed by atoms with Crippen LogP contribution in [0.5, 0.6) is 5.75 Å². The van der Waals surface area contributed by atoms with Crippen LogP contribution in [0.1, 0.15) is 22.6 Å². The van der Waals surface area contributed by atoms with Crippen molar-refractivity contribution in [3.05, 3.63) is 118 Å². The highest BCUT2D eigenvalue weighted by molar-refractivity contribution is 7.99. The molecule has 0 aliphatic heterocycles. The van der Waals surface area contributed by atoms with Gasteiger partial charge in [0.1, 0.15) is 11.4 Å². The Kier molecular flexibility index (Phi) is 8.44. The summed E-state index contributed by atoms with van der Waals surface area (Å²) in [6.07, 6.45) is 2.23. The molecule has 208 valence electrons. The molecule has 0 fully saturated rings. The highest BCUT2D eigenvalue weighted by atomic mass is 32.2. The number of anilines is 1. The largest absolute Gasteiger partial charge is 0.497 e. The Balaban J connectivity index is 1.35. The first kappa shape index (κ1) is 27.7. The van der Waals surface area contributed by atoms with Gasteiger partial charge in [0, 0.05) is 13.5 Å². The van der Waals surface area contributed by atoms with Crippen LogP contribution < -0.4 is 15.6 Å². The lowest BCUT2D eigenvalue weighted by Crippen LogP contribution is -2.23. The molecule has 0 saturated heterocycles. The summed E-state index contributed by atoms with van der Waals surface area (Å²) < 4.78 is 10.1. The van der Waals surface area contributed by atoms with Crippen LogP contribution in [-0.4, -0.2) is 49.2 Å². The average molecular weight is 568 g/mol. The van der Waals surface area contributed by atoms with E-state index in [2.05, 4.69) is 20.6 Å². The third kappa shape index (κ3) is 6.30. The van der Waals surface area contributed by atoms with Gasteiger partial charge in [0.05, 0.1) is 30.5 Å². The Morgan fingerprint density at radius 2 is 1.68 bits per heavy atom. The number of benzene rings is 3. The maximum atomic E-state index is 13.2. The summed E-state index contributed by atoms with van der Waals surface area (Å²) in [6.45, 7) is 1.80. The Bertz CT molecular complexity index is 1720. The predicted molar refractivity (Wildman–Crippen MR) is 160 cm³/mol. The molecular formula is C30H29N7O3S. The number of amides is 1. The van der Waals surface area contributed by atoms with Crippen LogP contribution >= 0.6 is 11.8 Å². The van der Waals surface area contributed by atoms with Gasteiger partial charge in [-0.1, -0.05) is 60.3 Å². The number of methoxy groups -OCH3 is 1. The number of thioether (sulfide) groups is 1. The molecule has 2 aromatic heterocycles. The number of carbonyl (C=O) groups is 1. The molecule has 10 nitrogen and oxygen atoms in total. The van der Waals surface area contributed by atoms with E-state index in [1.165, 1.54) is 16.4 Å². The van der Waals surface area contributed by atoms with Crippen molar-refractivity contribution in [3.8, 4) is 11.4 Å². The molecule has 1 amide bonds. The number of rotatable bonds is 10. The molecular weight excluding hydrogens is 538 g/mol. The summed E-state index contributed by atoms with van der Waals surface area (Å²) in [6, 6.07) is 26.7. The second-order valence-corrected chi connectivity index (χ2v) is 10.1. The summed E-state index contributed by atoms with van der Waals surface area (Å²) in [5.41, 5.74) is 3.23. The van der Waals surface area contributed by atoms with Gasteiger partial charge in [0.2, 0.25) is 11.1 Å². The van der Waals surface area contributed by atoms with E-state index in [9.17, 15) is 9.59 Å². The molecule has 0 aliphatic carbocycles. The number of hydrogen-bond donors (Lipinski definition) is 1. The molecule has 0 aliphatic rings. The molecule has 0 bridgehead atoms. The van der Waals surface area contributed by atoms with Gasteiger partial charge < -0.3 is 10.1 Å². The number of para-hydroxylation sites is 1. The first-order chi connectivity index (χ1) is 19.9. The van der Waals surface area contributed by atoms with Crippen molar-refractivity contribution >= 4 is 29.6 Å². The zero-order valence-corrected chi connectivity index (χ0v) is 23.7. The summed E-state index contributed by atoms with van der Waals surface area (Å²) in [4.78, 5) is 26.2. The Hall–Kier alpha value is -4.90. The molecule has 41 heavy (non-hydrogen) atoms. The number of aromatic nitrogens is 5. The normalized spacial score (nSPS) is 11.2. The molecule has 5 rings (SSSR count). The van der Waals surface area contributed by atoms with Gasteiger partial charge in [0.15, 0.2) is 5.82 Å². The van der Waals surface area contributed by atoms with Gasteiger partial charge in [-0.25, -0.2) is 4.68 Å². The SMILES string of the molecule is COc1ccc(/C=N\n2c(Cc3ccccc3)nnc2SCC(=O)Nc2c(C)n(C)n(-c3ccccc3)c2=O)cc1. The second kappa shape index (κ2) is 12.5. The van der Waals surface area contributed by atoms with E-state index >= 15 is 0 Å². The summed E-state index contributed by atoms with van der Waals surface area (Å²) in [5.74, 6) is 1.07. The highest BCUT2D eigenvalue weighted by Crippen LogP contribution is 2.21. The van der Waals surface area contributed by atoms with Crippen LogP contribution in [0.15, 0.2) is 100.0 Å². The molecule has 0 unspecified atom stereocenters. The van der Waals surface area contributed by atoms with E-state index in [1.807, 2.05) is 84.9 Å². The van der Waals surface area contributed by atoms with Crippen LogP contribution in [0.2, 0.25) is 0 Å². The fourth-order valence-corrected chi connectivity index (χ4v) is 4.93. The van der Waals surface area contributed by atoms with E-state index in [4.69, 9.17) is 4.74 Å². The Morgan fingerprint density at radius 1 is 1.00 bits per heavy atom. The highest BCUT2D eigenvalue weighted by Gasteiger charge is 2.19. The van der Waals surface area contributed by atoms with E-state index in [-0.39, 0.29) is 22.9 Å². The lowest BCUT2D eigenvalue weighted by atomic mass is 10.1. The topological polar surface area (TPSA) is 108 Å². The first-order valence-corrected chi connectivity index (χ1v) is 13.9. The molecule has 0 saturated carbocycles. The number of hydrogen-bond acceptors (Lipinski definition) is 7. The lowest BCUT2D eigenvalue weighted by molar-refractivity contribution is -0.113. The smallest absolute Gasteiger partial charge is 0.295 e. The summed E-state index contributed by atoms with van der Waals surface area (Å²) in [5, 5.41) is 16.6. The summed E-state index contributed by atoms with van der Waals surface area (Å²) >= 11 is 1.19. The fraction of sp³-hybridized carbons (Fsp3) is 0.167. The molecule has 5 aromatic rings. The van der Waals surface area contributed by atoms with Crippen LogP contribution in [-0.2, 0) is 18.3 Å². The molecule has 11 heteroatoms. The first-order valence-electron chi connectivity index (χ1n) is 12.9. The van der Waals surface area contributed by atoms with Crippen molar-refractivity contribution in [2.24, 2.45) is 12.1 Å². The Labute approximate surface area is 241 Å². The fourth-order valence-electron chi connectivity index (χ4n) is 4.22. The monoisotopic (exact) mass is 567 g/mol. The molecule has 1 N–H and O–H groups in total. The number of nitrogens with one attached hydrogen (secondary N) is 1. The molecule has 0 atom stereocenters. The van der Waals surface area contributed by atoms with Crippen molar-refractivity contribution < 1.29 is 9.53 Å². The number of carbonyl (C=O) groups excluding carboxylic acids is 1. The Morgan fingerprint density at radius 3 is 2.37 bits per heavy atom. The minimum Gasteiger partial charge on any atom is -0.497 e. The van der Waals surface area contributed by atoms with Gasteiger partial charge >= 0.3 is 0 Å². The lowest BCUT2D eigenvalue weighted by Gasteiger charge is -2.07. The van der Waals surface area contributed by atoms with E-state index in [0.29, 0.717) is 28.8 Å². The third-order valence-corrected chi connectivity index (χ3v) is 7.39. The van der Waals surface area contributed by atoms with E-state index in [1.54, 1.807) is 36.7 Å². The molecule has 3 aromatic carbocycles. The predicted octanol–water partition coefficient (Wildman–Crippen LogP) is 4.29. The van der Waals surface area contributed by atoms with Crippen molar-refractivity contribution in [2.75, 3.05) is 18.2 Å². The third-order valence-electron chi connectivity index (χ3n) is 6.47. The average Bonchev–Trinajstić information content (AvgIpc) is 3.48. The zero-order valence-electron chi connectivity index (χ0n) is 22.9. The maximum absolute atomic E-state index is 13.2. The van der Waals surface area contributed by atoms with Gasteiger partial charge in [-0.3, -0.25) is 14.3 Å². The standard InChI is InChI=1S/C30H29N7O3S/c1-21-28(29(39)37(35(21)2)24-12-8-5-9-13-24)32-27(38)20-41-30-34-33-26(18-22-10-6-4-7-11-22)36(30)31-19-23-14-16-25(40-3)17-15-23/h4-17,19H,18,20H2,1-3H3,(H,32,38)/b31-19-. The molecule has 2 heterocycles.